The van der Waals surface area contributed by atoms with E-state index in [1.54, 1.807) is 16.2 Å². The van der Waals surface area contributed by atoms with Crippen molar-refractivity contribution in [3.8, 4) is 0 Å². The molecular weight excluding hydrogens is 376 g/mol. The number of nitrogens with zero attached hydrogens (tertiary/aromatic N) is 2. The number of amides is 1. The molecular formula is C20H25N4OS2+. The summed E-state index contributed by atoms with van der Waals surface area (Å²) in [6.07, 6.45) is 0. The monoisotopic (exact) mass is 401 g/mol. The maximum Gasteiger partial charge on any atom is 0.261 e. The smallest absolute Gasteiger partial charge is 0.261 e. The molecule has 4 rings (SSSR count). The van der Waals surface area contributed by atoms with Crippen LogP contribution in [0.3, 0.4) is 0 Å². The Kier molecular flexibility index (Phi) is 5.43. The van der Waals surface area contributed by atoms with Gasteiger partial charge in [0.05, 0.1) is 54.4 Å². The summed E-state index contributed by atoms with van der Waals surface area (Å²) in [6.45, 7) is 10.2. The minimum atomic E-state index is 0.0446. The topological polar surface area (TPSA) is 49.7 Å². The fourth-order valence-corrected chi connectivity index (χ4v) is 5.18. The molecule has 0 atom stereocenters. The first-order valence-corrected chi connectivity index (χ1v) is 11.1. The molecule has 142 valence electrons. The molecule has 2 N–H and O–H groups in total. The second kappa shape index (κ2) is 7.96. The number of aryl methyl sites for hydroxylation is 2. The van der Waals surface area contributed by atoms with Crippen LogP contribution in [-0.4, -0.2) is 50.2 Å². The van der Waals surface area contributed by atoms with Crippen LogP contribution in [0.25, 0.3) is 10.2 Å². The van der Waals surface area contributed by atoms with Gasteiger partial charge in [-0.2, -0.15) is 0 Å². The molecule has 3 aromatic rings. The molecule has 0 unspecified atom stereocenters. The molecule has 1 saturated heterocycles. The first-order valence-electron chi connectivity index (χ1n) is 9.39. The summed E-state index contributed by atoms with van der Waals surface area (Å²) < 4.78 is 1.28. The van der Waals surface area contributed by atoms with Crippen molar-refractivity contribution in [1.29, 1.82) is 0 Å². The molecule has 1 fully saturated rings. The van der Waals surface area contributed by atoms with E-state index in [0.29, 0.717) is 0 Å². The Labute approximate surface area is 167 Å². The van der Waals surface area contributed by atoms with Gasteiger partial charge in [-0.05, 0) is 42.5 Å². The van der Waals surface area contributed by atoms with Gasteiger partial charge in [-0.15, -0.1) is 11.3 Å². The van der Waals surface area contributed by atoms with Gasteiger partial charge in [0.15, 0.2) is 5.13 Å². The predicted molar refractivity (Wildman–Crippen MR) is 114 cm³/mol. The quantitative estimate of drug-likeness (QED) is 0.689. The number of rotatable bonds is 5. The molecule has 1 aromatic carbocycles. The zero-order chi connectivity index (χ0) is 18.8. The van der Waals surface area contributed by atoms with Gasteiger partial charge in [-0.25, -0.2) is 4.98 Å². The summed E-state index contributed by atoms with van der Waals surface area (Å²) in [5, 5.41) is 6.11. The first kappa shape index (κ1) is 18.4. The molecule has 7 heteroatoms. The van der Waals surface area contributed by atoms with Crippen LogP contribution >= 0.6 is 22.7 Å². The number of carbonyl (C=O) groups excluding carboxylic acids is 1. The summed E-state index contributed by atoms with van der Waals surface area (Å²) in [4.78, 5) is 21.7. The summed E-state index contributed by atoms with van der Waals surface area (Å²) in [5.41, 5.74) is 3.75. The van der Waals surface area contributed by atoms with Crippen LogP contribution in [0.1, 0.15) is 20.8 Å². The van der Waals surface area contributed by atoms with Crippen LogP contribution in [0.4, 0.5) is 5.13 Å². The molecule has 1 aliphatic heterocycles. The fraction of sp³-hybridized carbons (Fsp3) is 0.400. The van der Waals surface area contributed by atoms with Crippen molar-refractivity contribution in [1.82, 2.24) is 10.3 Å². The summed E-state index contributed by atoms with van der Waals surface area (Å²) in [7, 11) is 0. The number of hydrogen-bond acceptors (Lipinski definition) is 5. The van der Waals surface area contributed by atoms with Gasteiger partial charge < -0.3 is 15.1 Å². The molecule has 0 saturated carbocycles. The molecule has 0 radical (unpaired) electrons. The summed E-state index contributed by atoms with van der Waals surface area (Å²) in [5.74, 6) is 0.0446. The molecule has 1 aliphatic rings. The highest BCUT2D eigenvalue weighted by Crippen LogP contribution is 2.31. The highest BCUT2D eigenvalue weighted by molar-refractivity contribution is 7.22. The van der Waals surface area contributed by atoms with Gasteiger partial charge in [-0.1, -0.05) is 23.5 Å². The van der Waals surface area contributed by atoms with Crippen molar-refractivity contribution in [3.05, 3.63) is 45.6 Å². The lowest BCUT2D eigenvalue weighted by Crippen LogP contribution is -3.15. The van der Waals surface area contributed by atoms with Gasteiger partial charge in [-0.3, -0.25) is 4.79 Å². The average molecular weight is 402 g/mol. The van der Waals surface area contributed by atoms with E-state index in [1.807, 2.05) is 17.5 Å². The van der Waals surface area contributed by atoms with Gasteiger partial charge in [0.1, 0.15) is 0 Å². The third kappa shape index (κ3) is 4.00. The summed E-state index contributed by atoms with van der Waals surface area (Å²) >= 11 is 3.28. The van der Waals surface area contributed by atoms with Crippen LogP contribution in [-0.2, 0) is 0 Å². The molecule has 2 aromatic heterocycles. The number of piperazine rings is 1. The maximum atomic E-state index is 12.0. The van der Waals surface area contributed by atoms with Crippen molar-refractivity contribution < 1.29 is 9.69 Å². The number of quaternary nitrogens is 1. The highest BCUT2D eigenvalue weighted by atomic mass is 32.1. The number of thiazole rings is 1. The van der Waals surface area contributed by atoms with Crippen molar-refractivity contribution in [2.45, 2.75) is 13.8 Å². The molecule has 0 bridgehead atoms. The molecule has 0 aliphatic carbocycles. The van der Waals surface area contributed by atoms with Crippen LogP contribution in [0.2, 0.25) is 0 Å². The van der Waals surface area contributed by atoms with Crippen LogP contribution in [0.5, 0.6) is 0 Å². The van der Waals surface area contributed by atoms with Gasteiger partial charge in [0.2, 0.25) is 0 Å². The third-order valence-electron chi connectivity index (χ3n) is 5.32. The molecule has 27 heavy (non-hydrogen) atoms. The Balaban J connectivity index is 1.29. The largest absolute Gasteiger partial charge is 0.346 e. The Morgan fingerprint density at radius 1 is 1.26 bits per heavy atom. The van der Waals surface area contributed by atoms with E-state index in [1.165, 1.54) is 27.2 Å². The number of aromatic nitrogens is 1. The second-order valence-corrected chi connectivity index (χ2v) is 9.03. The van der Waals surface area contributed by atoms with E-state index >= 15 is 0 Å². The van der Waals surface area contributed by atoms with Crippen LogP contribution < -0.4 is 15.1 Å². The second-order valence-electron chi connectivity index (χ2n) is 7.07. The Bertz CT molecular complexity index is 927. The van der Waals surface area contributed by atoms with Crippen molar-refractivity contribution in [2.24, 2.45) is 0 Å². The minimum absolute atomic E-state index is 0.0446. The lowest BCUT2D eigenvalue weighted by molar-refractivity contribution is -0.899. The molecule has 0 spiro atoms. The van der Waals surface area contributed by atoms with E-state index in [-0.39, 0.29) is 5.91 Å². The number of carbonyl (C=O) groups is 1. The molecule has 1 amide bonds. The standard InChI is InChI=1S/C20H24N4OS2/c1-14-5-6-16-18(15(14)2)22-20(27-16)24-11-9-23(10-12-24)8-7-21-19(25)17-4-3-13-26-17/h3-6,13H,7-12H2,1-2H3,(H,21,25)/p+1. The van der Waals surface area contributed by atoms with Crippen molar-refractivity contribution >= 4 is 43.9 Å². The number of nitrogens with one attached hydrogen (secondary N) is 2. The number of anilines is 1. The Morgan fingerprint density at radius 3 is 2.81 bits per heavy atom. The Morgan fingerprint density at radius 2 is 2.07 bits per heavy atom. The lowest BCUT2D eigenvalue weighted by Gasteiger charge is -2.32. The van der Waals surface area contributed by atoms with E-state index in [4.69, 9.17) is 4.98 Å². The van der Waals surface area contributed by atoms with Crippen molar-refractivity contribution in [2.75, 3.05) is 44.2 Å². The van der Waals surface area contributed by atoms with E-state index in [0.717, 1.165) is 54.8 Å². The third-order valence-corrected chi connectivity index (χ3v) is 7.27. The number of fused-ring (bicyclic) bond motifs is 1. The van der Waals surface area contributed by atoms with Crippen LogP contribution in [0.15, 0.2) is 29.6 Å². The fourth-order valence-electron chi connectivity index (χ4n) is 3.46. The lowest BCUT2D eigenvalue weighted by atomic mass is 10.1. The predicted octanol–water partition coefficient (Wildman–Crippen LogP) is 2.11. The zero-order valence-electron chi connectivity index (χ0n) is 15.7. The number of benzene rings is 1. The number of hydrogen-bond donors (Lipinski definition) is 2. The van der Waals surface area contributed by atoms with E-state index in [2.05, 4.69) is 36.2 Å². The zero-order valence-corrected chi connectivity index (χ0v) is 17.4. The normalized spacial score (nSPS) is 15.4. The van der Waals surface area contributed by atoms with E-state index in [9.17, 15) is 4.79 Å². The molecule has 5 nitrogen and oxygen atoms in total. The minimum Gasteiger partial charge on any atom is -0.346 e. The first-order chi connectivity index (χ1) is 13.1. The Hall–Kier alpha value is -1.96. The molecule has 3 heterocycles. The maximum absolute atomic E-state index is 12.0. The van der Waals surface area contributed by atoms with Crippen molar-refractivity contribution in [3.63, 3.8) is 0 Å². The SMILES string of the molecule is Cc1ccc2sc(N3CC[NH+](CCNC(=O)c4cccs4)CC3)nc2c1C. The highest BCUT2D eigenvalue weighted by Gasteiger charge is 2.22. The van der Waals surface area contributed by atoms with Gasteiger partial charge in [0, 0.05) is 0 Å². The van der Waals surface area contributed by atoms with E-state index < -0.39 is 0 Å². The van der Waals surface area contributed by atoms with Crippen LogP contribution in [0, 0.1) is 13.8 Å². The van der Waals surface area contributed by atoms with Gasteiger partial charge in [0.25, 0.3) is 5.91 Å². The number of thiophene rings is 1. The summed E-state index contributed by atoms with van der Waals surface area (Å²) in [6, 6.07) is 8.16. The average Bonchev–Trinajstić information content (AvgIpc) is 3.35. The van der Waals surface area contributed by atoms with Gasteiger partial charge >= 0.3 is 0 Å².